The lowest BCUT2D eigenvalue weighted by Gasteiger charge is -2.36. The summed E-state index contributed by atoms with van der Waals surface area (Å²) in [5, 5.41) is 0. The molecule has 4 heteroatoms. The van der Waals surface area contributed by atoms with Crippen LogP contribution in [0.15, 0.2) is 30.3 Å². The average Bonchev–Trinajstić information content (AvgIpc) is 2.49. The second kappa shape index (κ2) is 7.53. The van der Waals surface area contributed by atoms with E-state index >= 15 is 0 Å². The van der Waals surface area contributed by atoms with Crippen molar-refractivity contribution in [1.29, 1.82) is 0 Å². The van der Waals surface area contributed by atoms with E-state index in [1.54, 1.807) is 0 Å². The molecule has 0 amide bonds. The molecule has 0 bridgehead atoms. The van der Waals surface area contributed by atoms with Crippen molar-refractivity contribution in [3.63, 3.8) is 0 Å². The van der Waals surface area contributed by atoms with Crippen LogP contribution in [0.1, 0.15) is 25.8 Å². The van der Waals surface area contributed by atoms with E-state index in [9.17, 15) is 4.79 Å². The Hall–Kier alpha value is -0.450. The highest BCUT2D eigenvalue weighted by atomic mass is 32.2. The summed E-state index contributed by atoms with van der Waals surface area (Å²) >= 11 is 3.86. The Morgan fingerprint density at radius 3 is 2.55 bits per heavy atom. The molecule has 0 radical (unpaired) electrons. The SMILES string of the molecule is CC(C)(C=O)[C@@H](OCc1ccccc1)C1SCCCS1. The van der Waals surface area contributed by atoms with Gasteiger partial charge >= 0.3 is 0 Å². The van der Waals surface area contributed by atoms with Crippen LogP contribution in [0.5, 0.6) is 0 Å². The van der Waals surface area contributed by atoms with Gasteiger partial charge in [0.05, 0.1) is 17.3 Å². The molecule has 2 rings (SSSR count). The van der Waals surface area contributed by atoms with E-state index < -0.39 is 5.41 Å². The minimum Gasteiger partial charge on any atom is -0.370 e. The molecule has 0 N–H and O–H groups in total. The highest BCUT2D eigenvalue weighted by molar-refractivity contribution is 8.17. The highest BCUT2D eigenvalue weighted by Gasteiger charge is 2.38. The number of carbonyl (C=O) groups excluding carboxylic acids is 1. The highest BCUT2D eigenvalue weighted by Crippen LogP contribution is 2.40. The Bertz CT molecular complexity index is 414. The van der Waals surface area contributed by atoms with E-state index in [0.717, 1.165) is 23.4 Å². The van der Waals surface area contributed by atoms with Gasteiger partial charge in [0.15, 0.2) is 0 Å². The maximum absolute atomic E-state index is 11.4. The lowest BCUT2D eigenvalue weighted by molar-refractivity contribution is -0.123. The summed E-state index contributed by atoms with van der Waals surface area (Å²) in [6.07, 6.45) is 2.24. The van der Waals surface area contributed by atoms with Gasteiger partial charge in [-0.1, -0.05) is 44.2 Å². The summed E-state index contributed by atoms with van der Waals surface area (Å²) in [6.45, 7) is 4.52. The van der Waals surface area contributed by atoms with Crippen molar-refractivity contribution in [3.05, 3.63) is 35.9 Å². The standard InChI is InChI=1S/C16H22O2S2/c1-16(2,12-17)14(15-19-9-6-10-20-15)18-11-13-7-4-3-5-8-13/h3-5,7-8,12,14-15H,6,9-11H2,1-2H3/t14-/m0/s1. The zero-order chi connectivity index (χ0) is 14.4. The first-order valence-electron chi connectivity index (χ1n) is 6.98. The van der Waals surface area contributed by atoms with Crippen molar-refractivity contribution < 1.29 is 9.53 Å². The van der Waals surface area contributed by atoms with Crippen molar-refractivity contribution in [2.24, 2.45) is 5.41 Å². The van der Waals surface area contributed by atoms with Gasteiger partial charge in [-0.15, -0.1) is 23.5 Å². The molecule has 0 spiro atoms. The smallest absolute Gasteiger partial charge is 0.128 e. The lowest BCUT2D eigenvalue weighted by atomic mass is 9.89. The minimum absolute atomic E-state index is 0.0458. The molecule has 0 saturated carbocycles. The molecule has 1 aromatic carbocycles. The predicted molar refractivity (Wildman–Crippen MR) is 88.2 cm³/mol. The van der Waals surface area contributed by atoms with E-state index in [-0.39, 0.29) is 6.10 Å². The number of ether oxygens (including phenoxy) is 1. The summed E-state index contributed by atoms with van der Waals surface area (Å²) in [7, 11) is 0. The van der Waals surface area contributed by atoms with Crippen molar-refractivity contribution in [2.45, 2.75) is 37.6 Å². The lowest BCUT2D eigenvalue weighted by Crippen LogP contribution is -2.41. The van der Waals surface area contributed by atoms with Gasteiger partial charge in [-0.2, -0.15) is 0 Å². The van der Waals surface area contributed by atoms with Crippen LogP contribution in [0.3, 0.4) is 0 Å². The number of aldehydes is 1. The van der Waals surface area contributed by atoms with Crippen LogP contribution in [0, 0.1) is 5.41 Å². The van der Waals surface area contributed by atoms with E-state index in [1.165, 1.54) is 6.42 Å². The summed E-state index contributed by atoms with van der Waals surface area (Å²) < 4.78 is 6.50. The molecular weight excluding hydrogens is 288 g/mol. The molecule has 2 nitrogen and oxygen atoms in total. The van der Waals surface area contributed by atoms with Crippen LogP contribution in [-0.2, 0) is 16.1 Å². The van der Waals surface area contributed by atoms with Gasteiger partial charge in [0, 0.05) is 5.41 Å². The second-order valence-electron chi connectivity index (χ2n) is 5.62. The Morgan fingerprint density at radius 2 is 1.95 bits per heavy atom. The van der Waals surface area contributed by atoms with Crippen LogP contribution >= 0.6 is 23.5 Å². The molecule has 1 aliphatic heterocycles. The van der Waals surface area contributed by atoms with Crippen molar-refractivity contribution >= 4 is 29.8 Å². The van der Waals surface area contributed by atoms with Gasteiger partial charge in [0.25, 0.3) is 0 Å². The van der Waals surface area contributed by atoms with Gasteiger partial charge in [0.1, 0.15) is 6.29 Å². The van der Waals surface area contributed by atoms with Crippen LogP contribution in [0.2, 0.25) is 0 Å². The molecule has 1 atom stereocenters. The first-order chi connectivity index (χ1) is 9.63. The maximum Gasteiger partial charge on any atom is 0.128 e. The van der Waals surface area contributed by atoms with E-state index in [4.69, 9.17) is 4.74 Å². The van der Waals surface area contributed by atoms with E-state index in [2.05, 4.69) is 12.1 Å². The van der Waals surface area contributed by atoms with Crippen LogP contribution in [0.25, 0.3) is 0 Å². The molecule has 1 fully saturated rings. The Balaban J connectivity index is 2.04. The van der Waals surface area contributed by atoms with E-state index in [1.807, 2.05) is 55.6 Å². The van der Waals surface area contributed by atoms with Gasteiger partial charge in [-0.3, -0.25) is 0 Å². The molecule has 1 aliphatic rings. The zero-order valence-electron chi connectivity index (χ0n) is 12.1. The van der Waals surface area contributed by atoms with Crippen LogP contribution in [-0.4, -0.2) is 28.5 Å². The molecule has 110 valence electrons. The summed E-state index contributed by atoms with van der Waals surface area (Å²) in [4.78, 5) is 11.4. The number of rotatable bonds is 6. The molecule has 0 aliphatic carbocycles. The predicted octanol–water partition coefficient (Wildman–Crippen LogP) is 3.99. The first kappa shape index (κ1) is 15.9. The van der Waals surface area contributed by atoms with Gasteiger partial charge in [0.2, 0.25) is 0 Å². The fraction of sp³-hybridized carbons (Fsp3) is 0.562. The normalized spacial score (nSPS) is 18.7. The minimum atomic E-state index is -0.448. The van der Waals surface area contributed by atoms with Crippen LogP contribution < -0.4 is 0 Å². The number of hydrogen-bond donors (Lipinski definition) is 0. The third-order valence-electron chi connectivity index (χ3n) is 3.41. The van der Waals surface area contributed by atoms with E-state index in [0.29, 0.717) is 11.2 Å². The third-order valence-corrected chi connectivity index (χ3v) is 6.43. The third kappa shape index (κ3) is 4.27. The average molecular weight is 310 g/mol. The zero-order valence-corrected chi connectivity index (χ0v) is 13.7. The van der Waals surface area contributed by atoms with Crippen molar-refractivity contribution in [2.75, 3.05) is 11.5 Å². The monoisotopic (exact) mass is 310 g/mol. The Kier molecular flexibility index (Phi) is 6.00. The van der Waals surface area contributed by atoms with Gasteiger partial charge in [-0.05, 0) is 23.5 Å². The molecule has 0 aromatic heterocycles. The fourth-order valence-corrected chi connectivity index (χ4v) is 5.59. The molecule has 20 heavy (non-hydrogen) atoms. The van der Waals surface area contributed by atoms with Crippen molar-refractivity contribution in [1.82, 2.24) is 0 Å². The molecule has 1 saturated heterocycles. The van der Waals surface area contributed by atoms with Crippen LogP contribution in [0.4, 0.5) is 0 Å². The topological polar surface area (TPSA) is 26.3 Å². The number of benzene rings is 1. The van der Waals surface area contributed by atoms with Gasteiger partial charge in [-0.25, -0.2) is 0 Å². The molecule has 1 aromatic rings. The second-order valence-corrected chi connectivity index (χ2v) is 8.42. The number of carbonyl (C=O) groups is 1. The fourth-order valence-electron chi connectivity index (χ4n) is 2.15. The summed E-state index contributed by atoms with van der Waals surface area (Å²) in [5.74, 6) is 2.33. The van der Waals surface area contributed by atoms with Gasteiger partial charge < -0.3 is 9.53 Å². The first-order valence-corrected chi connectivity index (χ1v) is 9.08. The summed E-state index contributed by atoms with van der Waals surface area (Å²) in [6, 6.07) is 10.2. The number of hydrogen-bond acceptors (Lipinski definition) is 4. The van der Waals surface area contributed by atoms with Crippen molar-refractivity contribution in [3.8, 4) is 0 Å². The summed E-state index contributed by atoms with van der Waals surface area (Å²) in [5.41, 5.74) is 0.710. The largest absolute Gasteiger partial charge is 0.370 e. The molecular formula is C16H22O2S2. The maximum atomic E-state index is 11.4. The molecule has 1 heterocycles. The molecule has 0 unspecified atom stereocenters. The quantitative estimate of drug-likeness (QED) is 0.742. The Morgan fingerprint density at radius 1 is 1.30 bits per heavy atom. The Labute approximate surface area is 130 Å². The number of thioether (sulfide) groups is 2.